The number of hydrogen-bond donors (Lipinski definition) is 1. The summed E-state index contributed by atoms with van der Waals surface area (Å²) in [6.07, 6.45) is 0.366. The maximum Gasteiger partial charge on any atom is 0.221 e. The van der Waals surface area contributed by atoms with E-state index in [4.69, 9.17) is 21.6 Å². The van der Waals surface area contributed by atoms with Crippen LogP contribution in [0.2, 0.25) is 5.02 Å². The first kappa shape index (κ1) is 22.7. The average molecular weight is 459 g/mol. The topological polar surface area (TPSA) is 58.1 Å². The van der Waals surface area contributed by atoms with Crippen molar-refractivity contribution >= 4 is 34.2 Å². The van der Waals surface area contributed by atoms with E-state index in [0.717, 1.165) is 27.8 Å². The third-order valence-electron chi connectivity index (χ3n) is 5.25. The van der Waals surface area contributed by atoms with Gasteiger partial charge in [0.15, 0.2) is 5.82 Å². The van der Waals surface area contributed by atoms with Gasteiger partial charge >= 0.3 is 0 Å². The molecule has 0 aliphatic heterocycles. The Morgan fingerprint density at radius 3 is 2.36 bits per heavy atom. The molecule has 0 spiro atoms. The molecular weight excluding hydrogens is 432 g/mol. The normalized spacial score (nSPS) is 11.0. The number of nitrogens with zero attached hydrogens (tertiary/aromatic N) is 3. The molecule has 3 aromatic carbocycles. The van der Waals surface area contributed by atoms with Crippen LogP contribution in [0.25, 0.3) is 22.3 Å². The number of carbonyl (C=O) groups excluding carboxylic acids is 1. The van der Waals surface area contributed by atoms with Crippen LogP contribution in [-0.2, 0) is 11.3 Å². The summed E-state index contributed by atoms with van der Waals surface area (Å²) in [5, 5.41) is 4.50. The van der Waals surface area contributed by atoms with Crippen molar-refractivity contribution < 1.29 is 4.79 Å². The Bertz CT molecular complexity index is 1230. The minimum Gasteiger partial charge on any atom is -0.354 e. The summed E-state index contributed by atoms with van der Waals surface area (Å²) in [6, 6.07) is 25.9. The Morgan fingerprint density at radius 1 is 0.970 bits per heavy atom. The summed E-state index contributed by atoms with van der Waals surface area (Å²) in [7, 11) is 0. The Morgan fingerprint density at radius 2 is 1.67 bits per heavy atom. The van der Waals surface area contributed by atoms with Crippen LogP contribution in [0.3, 0.4) is 0 Å². The fourth-order valence-electron chi connectivity index (χ4n) is 3.74. The van der Waals surface area contributed by atoms with E-state index in [2.05, 4.69) is 22.3 Å². The number of aromatic nitrogens is 2. The standard InChI is InChI=1S/C27H27ClN4O/c1-19(2)29-25(33)15-16-32(18-20-9-5-3-6-10-20)27-23-14-13-22(28)17-24(23)30-26(31-27)21-11-7-4-8-12-21/h3-14,17,19H,15-16,18H2,1-2H3,(H,29,33). The number of benzene rings is 3. The minimum absolute atomic E-state index is 0.0211. The van der Waals surface area contributed by atoms with E-state index < -0.39 is 0 Å². The van der Waals surface area contributed by atoms with Crippen LogP contribution >= 0.6 is 11.6 Å². The predicted molar refractivity (Wildman–Crippen MR) is 135 cm³/mol. The number of rotatable bonds is 8. The van der Waals surface area contributed by atoms with Crippen molar-refractivity contribution in [3.63, 3.8) is 0 Å². The molecule has 0 atom stereocenters. The lowest BCUT2D eigenvalue weighted by Crippen LogP contribution is -2.34. The average Bonchev–Trinajstić information content (AvgIpc) is 2.81. The van der Waals surface area contributed by atoms with E-state index in [9.17, 15) is 4.79 Å². The number of anilines is 1. The zero-order valence-electron chi connectivity index (χ0n) is 18.8. The molecule has 4 rings (SSSR count). The highest BCUT2D eigenvalue weighted by atomic mass is 35.5. The Kier molecular flexibility index (Phi) is 7.20. The Labute approximate surface area is 199 Å². The van der Waals surface area contributed by atoms with E-state index in [1.165, 1.54) is 0 Å². The van der Waals surface area contributed by atoms with Crippen LogP contribution in [0, 0.1) is 0 Å². The van der Waals surface area contributed by atoms with Crippen LogP contribution in [0.1, 0.15) is 25.8 Å². The summed E-state index contributed by atoms with van der Waals surface area (Å²) in [4.78, 5) is 24.4. The third-order valence-corrected chi connectivity index (χ3v) is 5.48. The molecule has 5 nitrogen and oxygen atoms in total. The first-order valence-electron chi connectivity index (χ1n) is 11.1. The number of halogens is 1. The number of hydrogen-bond acceptors (Lipinski definition) is 4. The summed E-state index contributed by atoms with van der Waals surface area (Å²) in [6.45, 7) is 5.08. The molecule has 0 aliphatic rings. The van der Waals surface area contributed by atoms with Gasteiger partial charge in [0.25, 0.3) is 0 Å². The summed E-state index contributed by atoms with van der Waals surface area (Å²) in [5.74, 6) is 1.44. The number of carbonyl (C=O) groups is 1. The highest BCUT2D eigenvalue weighted by Crippen LogP contribution is 2.30. The molecule has 0 radical (unpaired) electrons. The van der Waals surface area contributed by atoms with Crippen LogP contribution in [0.5, 0.6) is 0 Å². The van der Waals surface area contributed by atoms with Gasteiger partial charge in [0.05, 0.1) is 5.52 Å². The molecule has 6 heteroatoms. The number of nitrogens with one attached hydrogen (secondary N) is 1. The maximum absolute atomic E-state index is 12.5. The minimum atomic E-state index is 0.0211. The quantitative estimate of drug-likeness (QED) is 0.358. The molecule has 1 amide bonds. The molecule has 33 heavy (non-hydrogen) atoms. The lowest BCUT2D eigenvalue weighted by molar-refractivity contribution is -0.121. The Hall–Kier alpha value is -3.44. The first-order chi connectivity index (χ1) is 16.0. The smallest absolute Gasteiger partial charge is 0.221 e. The monoisotopic (exact) mass is 458 g/mol. The zero-order valence-corrected chi connectivity index (χ0v) is 19.6. The number of amides is 1. The molecule has 0 saturated carbocycles. The summed E-state index contributed by atoms with van der Waals surface area (Å²) >= 11 is 6.30. The van der Waals surface area contributed by atoms with Crippen LogP contribution in [0.15, 0.2) is 78.9 Å². The van der Waals surface area contributed by atoms with E-state index in [0.29, 0.717) is 30.4 Å². The van der Waals surface area contributed by atoms with Crippen molar-refractivity contribution in [2.24, 2.45) is 0 Å². The predicted octanol–water partition coefficient (Wildman–Crippen LogP) is 5.87. The number of fused-ring (bicyclic) bond motifs is 1. The second kappa shape index (κ2) is 10.5. The van der Waals surface area contributed by atoms with Crippen molar-refractivity contribution in [3.05, 3.63) is 89.4 Å². The molecule has 0 unspecified atom stereocenters. The van der Waals surface area contributed by atoms with Crippen molar-refractivity contribution in [2.45, 2.75) is 32.9 Å². The molecule has 0 aliphatic carbocycles. The molecule has 1 N–H and O–H groups in total. The zero-order chi connectivity index (χ0) is 23.2. The summed E-state index contributed by atoms with van der Waals surface area (Å²) < 4.78 is 0. The van der Waals surface area contributed by atoms with Gasteiger partial charge in [0.2, 0.25) is 5.91 Å². The van der Waals surface area contributed by atoms with Gasteiger partial charge in [-0.1, -0.05) is 72.3 Å². The van der Waals surface area contributed by atoms with Gasteiger partial charge in [-0.25, -0.2) is 9.97 Å². The van der Waals surface area contributed by atoms with Gasteiger partial charge in [0, 0.05) is 41.5 Å². The Balaban J connectivity index is 1.79. The third kappa shape index (κ3) is 5.88. The van der Waals surface area contributed by atoms with Gasteiger partial charge in [-0.3, -0.25) is 4.79 Å². The van der Waals surface area contributed by atoms with Crippen molar-refractivity contribution in [1.82, 2.24) is 15.3 Å². The van der Waals surface area contributed by atoms with Crippen molar-refractivity contribution in [3.8, 4) is 11.4 Å². The van der Waals surface area contributed by atoms with Gasteiger partial charge in [-0.05, 0) is 37.6 Å². The molecule has 1 aromatic heterocycles. The van der Waals surface area contributed by atoms with Crippen molar-refractivity contribution in [2.75, 3.05) is 11.4 Å². The highest BCUT2D eigenvalue weighted by Gasteiger charge is 2.18. The van der Waals surface area contributed by atoms with Crippen LogP contribution < -0.4 is 10.2 Å². The molecule has 4 aromatic rings. The van der Waals surface area contributed by atoms with Crippen LogP contribution in [-0.4, -0.2) is 28.5 Å². The summed E-state index contributed by atoms with van der Waals surface area (Å²) in [5.41, 5.74) is 2.85. The fraction of sp³-hybridized carbons (Fsp3) is 0.222. The molecule has 0 saturated heterocycles. The van der Waals surface area contributed by atoms with E-state index >= 15 is 0 Å². The van der Waals surface area contributed by atoms with E-state index in [-0.39, 0.29) is 11.9 Å². The lowest BCUT2D eigenvalue weighted by Gasteiger charge is -2.26. The fourth-order valence-corrected chi connectivity index (χ4v) is 3.90. The second-order valence-corrected chi connectivity index (χ2v) is 8.71. The van der Waals surface area contributed by atoms with E-state index in [1.807, 2.05) is 80.6 Å². The van der Waals surface area contributed by atoms with Gasteiger partial charge in [0.1, 0.15) is 5.82 Å². The molecule has 0 bridgehead atoms. The van der Waals surface area contributed by atoms with Gasteiger partial charge in [-0.15, -0.1) is 0 Å². The van der Waals surface area contributed by atoms with Crippen molar-refractivity contribution in [1.29, 1.82) is 0 Å². The molecule has 0 fully saturated rings. The molecule has 168 valence electrons. The molecule has 1 heterocycles. The molecular formula is C27H27ClN4O. The first-order valence-corrected chi connectivity index (χ1v) is 11.5. The van der Waals surface area contributed by atoms with Gasteiger partial charge in [-0.2, -0.15) is 0 Å². The highest BCUT2D eigenvalue weighted by molar-refractivity contribution is 6.31. The van der Waals surface area contributed by atoms with E-state index in [1.54, 1.807) is 0 Å². The van der Waals surface area contributed by atoms with Crippen LogP contribution in [0.4, 0.5) is 5.82 Å². The SMILES string of the molecule is CC(C)NC(=O)CCN(Cc1ccccc1)c1nc(-c2ccccc2)nc2cc(Cl)ccc12. The van der Waals surface area contributed by atoms with Gasteiger partial charge < -0.3 is 10.2 Å². The lowest BCUT2D eigenvalue weighted by atomic mass is 10.1. The second-order valence-electron chi connectivity index (χ2n) is 8.28. The largest absolute Gasteiger partial charge is 0.354 e. The maximum atomic E-state index is 12.5.